The summed E-state index contributed by atoms with van der Waals surface area (Å²) in [6, 6.07) is 10.3. The normalized spacial score (nSPS) is 18.7. The van der Waals surface area contributed by atoms with Crippen molar-refractivity contribution < 1.29 is 13.2 Å². The van der Waals surface area contributed by atoms with Gasteiger partial charge in [-0.05, 0) is 25.0 Å². The predicted octanol–water partition coefficient (Wildman–Crippen LogP) is 1.58. The lowest BCUT2D eigenvalue weighted by Gasteiger charge is -2.31. The molecule has 2 heterocycles. The Labute approximate surface area is 140 Å². The topological polar surface area (TPSA) is 96.2 Å². The molecule has 1 saturated heterocycles. The first-order valence-corrected chi connectivity index (χ1v) is 8.98. The van der Waals surface area contributed by atoms with Crippen molar-refractivity contribution in [2.75, 3.05) is 13.1 Å². The first-order chi connectivity index (χ1) is 11.6. The van der Waals surface area contributed by atoms with Gasteiger partial charge in [-0.25, -0.2) is 18.4 Å². The van der Waals surface area contributed by atoms with Gasteiger partial charge in [0.25, 0.3) is 5.88 Å². The number of nitriles is 1. The molecule has 3 rings (SSSR count). The van der Waals surface area contributed by atoms with E-state index < -0.39 is 10.0 Å². The molecule has 0 saturated carbocycles. The van der Waals surface area contributed by atoms with E-state index in [-0.39, 0.29) is 29.1 Å². The highest BCUT2D eigenvalue weighted by Crippen LogP contribution is 2.23. The zero-order valence-electron chi connectivity index (χ0n) is 12.9. The van der Waals surface area contributed by atoms with Crippen molar-refractivity contribution in [3.63, 3.8) is 0 Å². The third-order valence-electron chi connectivity index (χ3n) is 3.77. The van der Waals surface area contributed by atoms with Crippen molar-refractivity contribution >= 4 is 10.0 Å². The van der Waals surface area contributed by atoms with Gasteiger partial charge in [0.2, 0.25) is 15.7 Å². The second-order valence-electron chi connectivity index (χ2n) is 5.38. The minimum atomic E-state index is -3.55. The Hall–Kier alpha value is -2.50. The molecule has 0 unspecified atom stereocenters. The Bertz CT molecular complexity index is 849. The van der Waals surface area contributed by atoms with Gasteiger partial charge >= 0.3 is 0 Å². The molecule has 1 aromatic carbocycles. The van der Waals surface area contributed by atoms with Gasteiger partial charge in [0.1, 0.15) is 12.2 Å². The summed E-state index contributed by atoms with van der Waals surface area (Å²) in [4.78, 5) is 8.18. The monoisotopic (exact) mass is 344 g/mol. The maximum atomic E-state index is 12.7. The van der Waals surface area contributed by atoms with E-state index in [1.165, 1.54) is 16.7 Å². The lowest BCUT2D eigenvalue weighted by Crippen LogP contribution is -2.44. The lowest BCUT2D eigenvalue weighted by atomic mass is 10.1. The van der Waals surface area contributed by atoms with Gasteiger partial charge in [0.15, 0.2) is 0 Å². The number of rotatable bonds is 4. The van der Waals surface area contributed by atoms with Crippen LogP contribution in [0.4, 0.5) is 0 Å². The molecule has 0 radical (unpaired) electrons. The van der Waals surface area contributed by atoms with Gasteiger partial charge < -0.3 is 4.74 Å². The Balaban J connectivity index is 1.77. The second kappa shape index (κ2) is 6.95. The Morgan fingerprint density at radius 1 is 1.21 bits per heavy atom. The quantitative estimate of drug-likeness (QED) is 0.835. The van der Waals surface area contributed by atoms with Crippen molar-refractivity contribution in [3.05, 3.63) is 48.4 Å². The van der Waals surface area contributed by atoms with Gasteiger partial charge in [-0.1, -0.05) is 18.2 Å². The van der Waals surface area contributed by atoms with Crippen LogP contribution in [0.15, 0.2) is 47.6 Å². The van der Waals surface area contributed by atoms with E-state index >= 15 is 0 Å². The maximum absolute atomic E-state index is 12.7. The summed E-state index contributed by atoms with van der Waals surface area (Å²) in [6.07, 6.45) is 3.87. The molecule has 24 heavy (non-hydrogen) atoms. The van der Waals surface area contributed by atoms with Crippen LogP contribution >= 0.6 is 0 Å². The minimum Gasteiger partial charge on any atom is -0.471 e. The number of hydrogen-bond donors (Lipinski definition) is 0. The van der Waals surface area contributed by atoms with Gasteiger partial charge in [-0.15, -0.1) is 0 Å². The van der Waals surface area contributed by atoms with Crippen molar-refractivity contribution in [2.45, 2.75) is 23.8 Å². The predicted molar refractivity (Wildman–Crippen MR) is 85.6 cm³/mol. The van der Waals surface area contributed by atoms with E-state index in [1.54, 1.807) is 30.3 Å². The summed E-state index contributed by atoms with van der Waals surface area (Å²) in [5, 5.41) is 9.04. The van der Waals surface area contributed by atoms with Crippen LogP contribution in [0.3, 0.4) is 0 Å². The highest BCUT2D eigenvalue weighted by molar-refractivity contribution is 7.89. The summed E-state index contributed by atoms with van der Waals surface area (Å²) < 4.78 is 32.5. The van der Waals surface area contributed by atoms with Crippen LogP contribution < -0.4 is 4.74 Å². The van der Waals surface area contributed by atoms with Crippen molar-refractivity contribution in [3.8, 4) is 11.9 Å². The van der Waals surface area contributed by atoms with Gasteiger partial charge in [-0.2, -0.15) is 9.57 Å². The summed E-state index contributed by atoms with van der Waals surface area (Å²) in [7, 11) is -3.55. The fraction of sp³-hybridized carbons (Fsp3) is 0.312. The summed E-state index contributed by atoms with van der Waals surface area (Å²) in [5.41, 5.74) is 0.0977. The van der Waals surface area contributed by atoms with Crippen LogP contribution in [0.2, 0.25) is 0 Å². The molecule has 7 nitrogen and oxygen atoms in total. The van der Waals surface area contributed by atoms with Gasteiger partial charge in [0, 0.05) is 18.9 Å². The molecule has 0 N–H and O–H groups in total. The lowest BCUT2D eigenvalue weighted by molar-refractivity contribution is 0.124. The Morgan fingerprint density at radius 3 is 2.71 bits per heavy atom. The molecule has 1 fully saturated rings. The molecule has 1 aliphatic heterocycles. The number of benzene rings is 1. The minimum absolute atomic E-state index is 0.0977. The van der Waals surface area contributed by atoms with E-state index in [2.05, 4.69) is 9.97 Å². The zero-order valence-corrected chi connectivity index (χ0v) is 13.7. The van der Waals surface area contributed by atoms with Crippen LogP contribution in [0.5, 0.6) is 5.88 Å². The van der Waals surface area contributed by atoms with Crippen LogP contribution in [-0.2, 0) is 10.0 Å². The first-order valence-electron chi connectivity index (χ1n) is 7.54. The second-order valence-corrected chi connectivity index (χ2v) is 7.32. The summed E-state index contributed by atoms with van der Waals surface area (Å²) in [6.45, 7) is 0.668. The number of aromatic nitrogens is 2. The number of sulfonamides is 1. The molecule has 0 aliphatic carbocycles. The van der Waals surface area contributed by atoms with Crippen molar-refractivity contribution in [1.29, 1.82) is 5.26 Å². The molecule has 0 spiro atoms. The number of hydrogen-bond acceptors (Lipinski definition) is 6. The fourth-order valence-corrected chi connectivity index (χ4v) is 4.14. The molecule has 2 aromatic rings. The maximum Gasteiger partial charge on any atom is 0.251 e. The number of ether oxygens (including phenoxy) is 1. The van der Waals surface area contributed by atoms with E-state index in [9.17, 15) is 8.42 Å². The fourth-order valence-electron chi connectivity index (χ4n) is 2.61. The molecule has 1 aliphatic rings. The Morgan fingerprint density at radius 2 is 1.96 bits per heavy atom. The Kier molecular flexibility index (Phi) is 4.74. The first kappa shape index (κ1) is 16.4. The number of piperidine rings is 1. The highest BCUT2D eigenvalue weighted by Gasteiger charge is 2.31. The largest absolute Gasteiger partial charge is 0.471 e. The van der Waals surface area contributed by atoms with E-state index in [4.69, 9.17) is 10.00 Å². The van der Waals surface area contributed by atoms with Crippen LogP contribution in [0.1, 0.15) is 18.5 Å². The van der Waals surface area contributed by atoms with Crippen LogP contribution in [-0.4, -0.2) is 41.9 Å². The van der Waals surface area contributed by atoms with Crippen LogP contribution in [0.25, 0.3) is 0 Å². The van der Waals surface area contributed by atoms with Crippen molar-refractivity contribution in [2.24, 2.45) is 0 Å². The highest BCUT2D eigenvalue weighted by atomic mass is 32.2. The third-order valence-corrected chi connectivity index (χ3v) is 5.65. The SMILES string of the molecule is N#Cc1nccnc1O[C@@H]1CCCN(S(=O)(=O)c2ccccc2)C1. The standard InChI is InChI=1S/C16H16N4O3S/c17-11-15-16(19-9-8-18-15)23-13-5-4-10-20(12-13)24(21,22)14-6-2-1-3-7-14/h1-3,6-9,13H,4-5,10,12H2/t13-/m1/s1. The van der Waals surface area contributed by atoms with Crippen LogP contribution in [0, 0.1) is 11.3 Å². The third kappa shape index (κ3) is 3.37. The molecule has 8 heteroatoms. The number of nitrogens with zero attached hydrogens (tertiary/aromatic N) is 4. The van der Waals surface area contributed by atoms with Gasteiger partial charge in [0.05, 0.1) is 11.4 Å². The molecule has 0 amide bonds. The van der Waals surface area contributed by atoms with E-state index in [0.29, 0.717) is 19.4 Å². The smallest absolute Gasteiger partial charge is 0.251 e. The van der Waals surface area contributed by atoms with E-state index in [0.717, 1.165) is 0 Å². The molecule has 0 bridgehead atoms. The molecule has 1 atom stereocenters. The molecular weight excluding hydrogens is 328 g/mol. The van der Waals surface area contributed by atoms with Crippen molar-refractivity contribution in [1.82, 2.24) is 14.3 Å². The molecule has 124 valence electrons. The zero-order chi connectivity index (χ0) is 17.0. The average molecular weight is 344 g/mol. The van der Waals surface area contributed by atoms with E-state index in [1.807, 2.05) is 6.07 Å². The molecule has 1 aromatic heterocycles. The summed E-state index contributed by atoms with van der Waals surface area (Å²) >= 11 is 0. The van der Waals surface area contributed by atoms with Gasteiger partial charge in [-0.3, -0.25) is 0 Å². The summed E-state index contributed by atoms with van der Waals surface area (Å²) in [5.74, 6) is 0.143. The molecular formula is C16H16N4O3S. The average Bonchev–Trinajstić information content (AvgIpc) is 2.63.